The van der Waals surface area contributed by atoms with Crippen LogP contribution in [-0.2, 0) is 4.74 Å². The van der Waals surface area contributed by atoms with Crippen molar-refractivity contribution >= 4 is 28.2 Å². The Kier molecular flexibility index (Phi) is 4.61. The molecule has 0 saturated heterocycles. The fraction of sp³-hybridized carbons (Fsp3) is 0.158. The highest BCUT2D eigenvalue weighted by Gasteiger charge is 2.13. The van der Waals surface area contributed by atoms with E-state index in [0.29, 0.717) is 18.0 Å². The van der Waals surface area contributed by atoms with E-state index in [0.717, 1.165) is 22.2 Å². The maximum atomic E-state index is 11.9. The minimum atomic E-state index is -0.397. The number of nitrogens with zero attached hydrogens (tertiary/aromatic N) is 1. The Morgan fingerprint density at radius 1 is 1.08 bits per heavy atom. The van der Waals surface area contributed by atoms with E-state index >= 15 is 0 Å². The molecule has 1 heterocycles. The van der Waals surface area contributed by atoms with E-state index in [1.807, 2.05) is 55.5 Å². The zero-order valence-corrected chi connectivity index (χ0v) is 13.6. The van der Waals surface area contributed by atoms with Gasteiger partial charge in [-0.25, -0.2) is 9.78 Å². The molecule has 0 amide bonds. The van der Waals surface area contributed by atoms with Gasteiger partial charge in [-0.1, -0.05) is 24.3 Å². The number of ether oxygens (including phenoxy) is 2. The minimum Gasteiger partial charge on any atom is -0.494 e. The van der Waals surface area contributed by atoms with E-state index in [9.17, 15) is 4.79 Å². The van der Waals surface area contributed by atoms with Gasteiger partial charge in [0, 0.05) is 22.7 Å². The Morgan fingerprint density at radius 2 is 1.79 bits per heavy atom. The van der Waals surface area contributed by atoms with Crippen molar-refractivity contribution in [1.82, 2.24) is 4.98 Å². The zero-order chi connectivity index (χ0) is 16.9. The van der Waals surface area contributed by atoms with Crippen LogP contribution in [0.1, 0.15) is 17.3 Å². The SMILES string of the molecule is CCOc1ccc(Nc2ncc(C(=O)OC)c3ccccc23)cc1. The van der Waals surface area contributed by atoms with Crippen LogP contribution in [0, 0.1) is 0 Å². The maximum Gasteiger partial charge on any atom is 0.340 e. The summed E-state index contributed by atoms with van der Waals surface area (Å²) in [5.74, 6) is 1.11. The van der Waals surface area contributed by atoms with Crippen LogP contribution in [-0.4, -0.2) is 24.7 Å². The van der Waals surface area contributed by atoms with Gasteiger partial charge in [0.15, 0.2) is 0 Å². The molecule has 0 aliphatic heterocycles. The molecule has 0 saturated carbocycles. The van der Waals surface area contributed by atoms with Gasteiger partial charge in [-0.05, 0) is 31.2 Å². The molecular weight excluding hydrogens is 304 g/mol. The lowest BCUT2D eigenvalue weighted by atomic mass is 10.1. The van der Waals surface area contributed by atoms with Crippen LogP contribution in [0.3, 0.4) is 0 Å². The molecular formula is C19H18N2O3. The van der Waals surface area contributed by atoms with Gasteiger partial charge >= 0.3 is 5.97 Å². The number of esters is 1. The summed E-state index contributed by atoms with van der Waals surface area (Å²) < 4.78 is 10.3. The molecule has 0 bridgehead atoms. The lowest BCUT2D eigenvalue weighted by Gasteiger charge is -2.12. The van der Waals surface area contributed by atoms with E-state index in [2.05, 4.69) is 10.3 Å². The van der Waals surface area contributed by atoms with Gasteiger partial charge in [0.1, 0.15) is 11.6 Å². The molecule has 2 aromatic carbocycles. The first kappa shape index (κ1) is 15.8. The van der Waals surface area contributed by atoms with Crippen molar-refractivity contribution in [2.75, 3.05) is 19.0 Å². The minimum absolute atomic E-state index is 0.397. The zero-order valence-electron chi connectivity index (χ0n) is 13.6. The number of anilines is 2. The summed E-state index contributed by atoms with van der Waals surface area (Å²) in [5, 5.41) is 4.94. The summed E-state index contributed by atoms with van der Waals surface area (Å²) in [6.45, 7) is 2.58. The van der Waals surface area contributed by atoms with Gasteiger partial charge in [-0.15, -0.1) is 0 Å². The molecule has 0 aliphatic rings. The number of hydrogen-bond donors (Lipinski definition) is 1. The molecule has 0 spiro atoms. The first-order valence-corrected chi connectivity index (χ1v) is 7.69. The maximum absolute atomic E-state index is 11.9. The predicted molar refractivity (Wildman–Crippen MR) is 94.0 cm³/mol. The molecule has 0 radical (unpaired) electrons. The molecule has 122 valence electrons. The third-order valence-electron chi connectivity index (χ3n) is 3.63. The fourth-order valence-corrected chi connectivity index (χ4v) is 2.50. The first-order valence-electron chi connectivity index (χ1n) is 7.69. The molecule has 0 unspecified atom stereocenters. The van der Waals surface area contributed by atoms with Crippen LogP contribution in [0.5, 0.6) is 5.75 Å². The molecule has 3 rings (SSSR count). The quantitative estimate of drug-likeness (QED) is 0.715. The Morgan fingerprint density at radius 3 is 2.46 bits per heavy atom. The molecule has 24 heavy (non-hydrogen) atoms. The van der Waals surface area contributed by atoms with Crippen LogP contribution in [0.2, 0.25) is 0 Å². The van der Waals surface area contributed by atoms with Crippen molar-refractivity contribution in [3.8, 4) is 5.75 Å². The van der Waals surface area contributed by atoms with Crippen molar-refractivity contribution in [2.24, 2.45) is 0 Å². The van der Waals surface area contributed by atoms with Crippen molar-refractivity contribution < 1.29 is 14.3 Å². The van der Waals surface area contributed by atoms with Crippen LogP contribution in [0.4, 0.5) is 11.5 Å². The second-order valence-corrected chi connectivity index (χ2v) is 5.14. The molecule has 3 aromatic rings. The van der Waals surface area contributed by atoms with Crippen LogP contribution >= 0.6 is 0 Å². The second-order valence-electron chi connectivity index (χ2n) is 5.14. The summed E-state index contributed by atoms with van der Waals surface area (Å²) >= 11 is 0. The van der Waals surface area contributed by atoms with Crippen LogP contribution in [0.15, 0.2) is 54.7 Å². The first-order chi connectivity index (χ1) is 11.7. The van der Waals surface area contributed by atoms with E-state index in [4.69, 9.17) is 9.47 Å². The number of pyridine rings is 1. The third-order valence-corrected chi connectivity index (χ3v) is 3.63. The standard InChI is InChI=1S/C19H18N2O3/c1-3-24-14-10-8-13(9-11-14)21-18-16-7-5-4-6-15(16)17(12-20-18)19(22)23-2/h4-12H,3H2,1-2H3,(H,20,21). The molecule has 1 N–H and O–H groups in total. The normalized spacial score (nSPS) is 10.4. The van der Waals surface area contributed by atoms with E-state index in [1.165, 1.54) is 13.3 Å². The highest BCUT2D eigenvalue weighted by atomic mass is 16.5. The van der Waals surface area contributed by atoms with Gasteiger partial charge < -0.3 is 14.8 Å². The van der Waals surface area contributed by atoms with Gasteiger partial charge in [-0.2, -0.15) is 0 Å². The molecule has 0 fully saturated rings. The van der Waals surface area contributed by atoms with Crippen molar-refractivity contribution in [3.05, 3.63) is 60.3 Å². The molecule has 1 aromatic heterocycles. The number of rotatable bonds is 5. The summed E-state index contributed by atoms with van der Waals surface area (Å²) in [5.41, 5.74) is 1.34. The topological polar surface area (TPSA) is 60.5 Å². The number of carbonyl (C=O) groups excluding carboxylic acids is 1. The molecule has 5 nitrogen and oxygen atoms in total. The molecule has 0 atom stereocenters. The highest BCUT2D eigenvalue weighted by molar-refractivity contribution is 6.07. The molecule has 0 aliphatic carbocycles. The second kappa shape index (κ2) is 7.00. The lowest BCUT2D eigenvalue weighted by molar-refractivity contribution is 0.0602. The van der Waals surface area contributed by atoms with Crippen molar-refractivity contribution in [1.29, 1.82) is 0 Å². The van der Waals surface area contributed by atoms with E-state index < -0.39 is 5.97 Å². The largest absolute Gasteiger partial charge is 0.494 e. The van der Waals surface area contributed by atoms with Crippen molar-refractivity contribution in [2.45, 2.75) is 6.92 Å². The number of benzene rings is 2. The van der Waals surface area contributed by atoms with Crippen LogP contribution in [0.25, 0.3) is 10.8 Å². The number of fused-ring (bicyclic) bond motifs is 1. The Hall–Kier alpha value is -3.08. The lowest BCUT2D eigenvalue weighted by Crippen LogP contribution is -2.04. The monoisotopic (exact) mass is 322 g/mol. The number of hydrogen-bond acceptors (Lipinski definition) is 5. The highest BCUT2D eigenvalue weighted by Crippen LogP contribution is 2.28. The van der Waals surface area contributed by atoms with Gasteiger partial charge in [-0.3, -0.25) is 0 Å². The Balaban J connectivity index is 1.97. The van der Waals surface area contributed by atoms with Gasteiger partial charge in [0.25, 0.3) is 0 Å². The Bertz CT molecular complexity index is 860. The summed E-state index contributed by atoms with van der Waals surface area (Å²) in [4.78, 5) is 16.3. The van der Waals surface area contributed by atoms with E-state index in [1.54, 1.807) is 0 Å². The fourth-order valence-electron chi connectivity index (χ4n) is 2.50. The molecule has 5 heteroatoms. The summed E-state index contributed by atoms with van der Waals surface area (Å²) in [7, 11) is 1.36. The van der Waals surface area contributed by atoms with Gasteiger partial charge in [0.2, 0.25) is 0 Å². The van der Waals surface area contributed by atoms with Crippen LogP contribution < -0.4 is 10.1 Å². The van der Waals surface area contributed by atoms with Gasteiger partial charge in [0.05, 0.1) is 19.3 Å². The summed E-state index contributed by atoms with van der Waals surface area (Å²) in [6, 6.07) is 15.3. The van der Waals surface area contributed by atoms with E-state index in [-0.39, 0.29) is 0 Å². The number of aromatic nitrogens is 1. The average Bonchev–Trinajstić information content (AvgIpc) is 2.63. The smallest absolute Gasteiger partial charge is 0.340 e. The van der Waals surface area contributed by atoms with Crippen molar-refractivity contribution in [3.63, 3.8) is 0 Å². The predicted octanol–water partition coefficient (Wildman–Crippen LogP) is 4.16. The number of nitrogens with one attached hydrogen (secondary N) is 1. The number of methoxy groups -OCH3 is 1. The summed E-state index contributed by atoms with van der Waals surface area (Å²) in [6.07, 6.45) is 1.53. The third kappa shape index (κ3) is 3.15. The number of carbonyl (C=O) groups is 1. The Labute approximate surface area is 140 Å². The average molecular weight is 322 g/mol.